The first kappa shape index (κ1) is 22.1. The number of benzene rings is 1. The zero-order valence-corrected chi connectivity index (χ0v) is 20.0. The van der Waals surface area contributed by atoms with Gasteiger partial charge in [-0.1, -0.05) is 24.3 Å². The van der Waals surface area contributed by atoms with E-state index in [1.165, 1.54) is 16.7 Å². The number of nitrogens with zero attached hydrogens (tertiary/aromatic N) is 5. The maximum atomic E-state index is 4.55. The third kappa shape index (κ3) is 5.12. The normalized spacial score (nSPS) is 20.9. The fourth-order valence-corrected chi connectivity index (χ4v) is 4.47. The van der Waals surface area contributed by atoms with Crippen molar-refractivity contribution in [2.45, 2.75) is 38.3 Å². The van der Waals surface area contributed by atoms with Crippen LogP contribution in [-0.2, 0) is 20.0 Å². The molecule has 2 aliphatic heterocycles. The third-order valence-corrected chi connectivity index (χ3v) is 6.23. The molecule has 29 heavy (non-hydrogen) atoms. The van der Waals surface area contributed by atoms with E-state index in [4.69, 9.17) is 0 Å². The quantitative estimate of drug-likeness (QED) is 0.392. The Morgan fingerprint density at radius 2 is 2.07 bits per heavy atom. The first-order valence-electron chi connectivity index (χ1n) is 10.4. The minimum atomic E-state index is 0. The first-order chi connectivity index (χ1) is 13.6. The Balaban J connectivity index is 0.00000240. The molecule has 0 amide bonds. The second kappa shape index (κ2) is 9.93. The van der Waals surface area contributed by atoms with Crippen LogP contribution in [0.15, 0.2) is 41.7 Å². The summed E-state index contributed by atoms with van der Waals surface area (Å²) in [5.41, 5.74) is 4.32. The third-order valence-electron chi connectivity index (χ3n) is 6.23. The Hall–Kier alpha value is -1.61. The molecule has 1 aromatic heterocycles. The SMILES string of the molecule is CN=C(NCC(C)N1CCc2ccccc2C1)N1CCC(c2cnn(C)c2)C1.I. The van der Waals surface area contributed by atoms with Crippen molar-refractivity contribution in [3.05, 3.63) is 53.3 Å². The number of likely N-dealkylation sites (tertiary alicyclic amines) is 1. The molecule has 1 N–H and O–H groups in total. The Labute approximate surface area is 191 Å². The number of rotatable bonds is 4. The Morgan fingerprint density at radius 3 is 2.79 bits per heavy atom. The Bertz CT molecular complexity index is 832. The summed E-state index contributed by atoms with van der Waals surface area (Å²) >= 11 is 0. The van der Waals surface area contributed by atoms with E-state index in [1.54, 1.807) is 0 Å². The molecule has 3 heterocycles. The van der Waals surface area contributed by atoms with Gasteiger partial charge in [0.05, 0.1) is 6.20 Å². The summed E-state index contributed by atoms with van der Waals surface area (Å²) in [6, 6.07) is 9.31. The van der Waals surface area contributed by atoms with Gasteiger partial charge in [-0.05, 0) is 36.5 Å². The number of hydrogen-bond donors (Lipinski definition) is 1. The zero-order chi connectivity index (χ0) is 19.5. The number of aromatic nitrogens is 2. The molecule has 7 heteroatoms. The van der Waals surface area contributed by atoms with E-state index in [1.807, 2.05) is 25.0 Å². The molecular formula is C22H33IN6. The van der Waals surface area contributed by atoms with Crippen molar-refractivity contribution < 1.29 is 0 Å². The Morgan fingerprint density at radius 1 is 1.28 bits per heavy atom. The molecule has 6 nitrogen and oxygen atoms in total. The molecule has 0 saturated carbocycles. The number of guanidine groups is 1. The van der Waals surface area contributed by atoms with Gasteiger partial charge in [-0.25, -0.2) is 0 Å². The van der Waals surface area contributed by atoms with Crippen molar-refractivity contribution >= 4 is 29.9 Å². The van der Waals surface area contributed by atoms with Crippen LogP contribution in [0, 0.1) is 0 Å². The molecule has 2 aromatic rings. The van der Waals surface area contributed by atoms with Crippen LogP contribution in [0.2, 0.25) is 0 Å². The minimum Gasteiger partial charge on any atom is -0.355 e. The Kier molecular flexibility index (Phi) is 7.56. The van der Waals surface area contributed by atoms with E-state index in [0.717, 1.165) is 51.5 Å². The van der Waals surface area contributed by atoms with Crippen LogP contribution in [0.4, 0.5) is 0 Å². The van der Waals surface area contributed by atoms with Crippen molar-refractivity contribution in [1.82, 2.24) is 24.9 Å². The van der Waals surface area contributed by atoms with Gasteiger partial charge in [0.1, 0.15) is 0 Å². The van der Waals surface area contributed by atoms with E-state index in [2.05, 4.69) is 62.6 Å². The first-order valence-corrected chi connectivity index (χ1v) is 10.4. The number of aliphatic imine (C=N–C) groups is 1. The van der Waals surface area contributed by atoms with E-state index in [0.29, 0.717) is 12.0 Å². The standard InChI is InChI=1S/C22H32N6.HI/c1-17(27-10-8-18-6-4-5-7-19(18)15-27)12-24-22(23-2)28-11-9-20(16-28)21-13-25-26(3)14-21;/h4-7,13-14,17,20H,8-12,15-16H2,1-3H3,(H,23,24);1H. The molecule has 2 aliphatic rings. The van der Waals surface area contributed by atoms with Crippen LogP contribution in [0.5, 0.6) is 0 Å². The van der Waals surface area contributed by atoms with E-state index >= 15 is 0 Å². The van der Waals surface area contributed by atoms with Crippen LogP contribution < -0.4 is 5.32 Å². The molecule has 1 fully saturated rings. The van der Waals surface area contributed by atoms with Gasteiger partial charge in [0, 0.05) is 65.0 Å². The van der Waals surface area contributed by atoms with Gasteiger partial charge in [0.25, 0.3) is 0 Å². The molecule has 0 spiro atoms. The predicted molar refractivity (Wildman–Crippen MR) is 129 cm³/mol. The minimum absolute atomic E-state index is 0. The van der Waals surface area contributed by atoms with Crippen molar-refractivity contribution in [3.63, 3.8) is 0 Å². The van der Waals surface area contributed by atoms with Crippen LogP contribution in [-0.4, -0.2) is 64.8 Å². The number of hydrogen-bond acceptors (Lipinski definition) is 3. The van der Waals surface area contributed by atoms with Crippen molar-refractivity contribution in [2.75, 3.05) is 33.2 Å². The molecule has 0 aliphatic carbocycles. The highest BCUT2D eigenvalue weighted by Crippen LogP contribution is 2.26. The summed E-state index contributed by atoms with van der Waals surface area (Å²) in [5, 5.41) is 7.95. The average Bonchev–Trinajstić information content (AvgIpc) is 3.37. The molecule has 4 rings (SSSR count). The molecule has 1 aromatic carbocycles. The summed E-state index contributed by atoms with van der Waals surface area (Å²) in [4.78, 5) is 9.51. The highest BCUT2D eigenvalue weighted by molar-refractivity contribution is 14.0. The molecule has 158 valence electrons. The van der Waals surface area contributed by atoms with Crippen LogP contribution >= 0.6 is 24.0 Å². The van der Waals surface area contributed by atoms with E-state index in [9.17, 15) is 0 Å². The lowest BCUT2D eigenvalue weighted by molar-refractivity contribution is 0.190. The smallest absolute Gasteiger partial charge is 0.193 e. The van der Waals surface area contributed by atoms with Gasteiger partial charge >= 0.3 is 0 Å². The predicted octanol–water partition coefficient (Wildman–Crippen LogP) is 2.85. The van der Waals surface area contributed by atoms with Crippen LogP contribution in [0.1, 0.15) is 36.0 Å². The number of nitrogens with one attached hydrogen (secondary N) is 1. The van der Waals surface area contributed by atoms with E-state index < -0.39 is 0 Å². The van der Waals surface area contributed by atoms with Gasteiger partial charge in [0.15, 0.2) is 5.96 Å². The van der Waals surface area contributed by atoms with Gasteiger partial charge in [-0.2, -0.15) is 5.10 Å². The summed E-state index contributed by atoms with van der Waals surface area (Å²) < 4.78 is 1.89. The lowest BCUT2D eigenvalue weighted by Crippen LogP contribution is -2.48. The average molecular weight is 508 g/mol. The summed E-state index contributed by atoms with van der Waals surface area (Å²) in [6.07, 6.45) is 6.44. The van der Waals surface area contributed by atoms with Crippen molar-refractivity contribution in [3.8, 4) is 0 Å². The monoisotopic (exact) mass is 508 g/mol. The van der Waals surface area contributed by atoms with Gasteiger partial charge in [-0.15, -0.1) is 24.0 Å². The zero-order valence-electron chi connectivity index (χ0n) is 17.7. The van der Waals surface area contributed by atoms with Crippen LogP contribution in [0.3, 0.4) is 0 Å². The van der Waals surface area contributed by atoms with Gasteiger partial charge in [-0.3, -0.25) is 14.6 Å². The second-order valence-corrected chi connectivity index (χ2v) is 8.15. The summed E-state index contributed by atoms with van der Waals surface area (Å²) in [5.74, 6) is 1.57. The molecular weight excluding hydrogens is 475 g/mol. The molecule has 0 bridgehead atoms. The molecule has 2 unspecified atom stereocenters. The maximum Gasteiger partial charge on any atom is 0.193 e. The second-order valence-electron chi connectivity index (χ2n) is 8.15. The van der Waals surface area contributed by atoms with E-state index in [-0.39, 0.29) is 24.0 Å². The summed E-state index contributed by atoms with van der Waals surface area (Å²) in [6.45, 7) is 7.47. The van der Waals surface area contributed by atoms with Gasteiger partial charge < -0.3 is 10.2 Å². The fourth-order valence-electron chi connectivity index (χ4n) is 4.47. The number of aryl methyl sites for hydroxylation is 1. The number of halogens is 1. The molecule has 0 radical (unpaired) electrons. The summed E-state index contributed by atoms with van der Waals surface area (Å²) in [7, 11) is 3.87. The number of fused-ring (bicyclic) bond motifs is 1. The van der Waals surface area contributed by atoms with Crippen LogP contribution in [0.25, 0.3) is 0 Å². The molecule has 1 saturated heterocycles. The lowest BCUT2D eigenvalue weighted by Gasteiger charge is -2.34. The maximum absolute atomic E-state index is 4.55. The fraction of sp³-hybridized carbons (Fsp3) is 0.545. The van der Waals surface area contributed by atoms with Crippen molar-refractivity contribution in [1.29, 1.82) is 0 Å². The van der Waals surface area contributed by atoms with Crippen molar-refractivity contribution in [2.24, 2.45) is 12.0 Å². The highest BCUT2D eigenvalue weighted by atomic mass is 127. The topological polar surface area (TPSA) is 48.7 Å². The highest BCUT2D eigenvalue weighted by Gasteiger charge is 2.27. The largest absolute Gasteiger partial charge is 0.355 e. The lowest BCUT2D eigenvalue weighted by atomic mass is 9.99. The molecule has 2 atom stereocenters. The van der Waals surface area contributed by atoms with Gasteiger partial charge in [0.2, 0.25) is 0 Å².